The van der Waals surface area contributed by atoms with Crippen molar-refractivity contribution in [1.29, 1.82) is 0 Å². The fourth-order valence-electron chi connectivity index (χ4n) is 2.74. The summed E-state index contributed by atoms with van der Waals surface area (Å²) in [5.74, 6) is 0.926. The lowest BCUT2D eigenvalue weighted by Crippen LogP contribution is -2.36. The van der Waals surface area contributed by atoms with Crippen molar-refractivity contribution in [3.63, 3.8) is 0 Å². The topological polar surface area (TPSA) is 38.0 Å². The van der Waals surface area contributed by atoms with Gasteiger partial charge in [-0.3, -0.25) is 0 Å². The average Bonchev–Trinajstić information content (AvgIpc) is 2.24. The van der Waals surface area contributed by atoms with Crippen LogP contribution in [0, 0.1) is 11.3 Å². The minimum absolute atomic E-state index is 0.504. The fraction of sp³-hybridized carbons (Fsp3) is 1.00. The zero-order valence-corrected chi connectivity index (χ0v) is 11.4. The van der Waals surface area contributed by atoms with Gasteiger partial charge in [-0.1, -0.05) is 20.8 Å². The molecule has 96 valence electrons. The van der Waals surface area contributed by atoms with Crippen LogP contribution in [-0.2, 0) is 0 Å². The summed E-state index contributed by atoms with van der Waals surface area (Å²) in [6.45, 7) is 9.13. The molecule has 2 heteroatoms. The molecule has 2 nitrogen and oxygen atoms in total. The van der Waals surface area contributed by atoms with Gasteiger partial charge < -0.3 is 11.1 Å². The molecule has 0 aromatic carbocycles. The maximum absolute atomic E-state index is 5.49. The molecule has 0 aliphatic heterocycles. The molecule has 0 spiro atoms. The number of hydrogen-bond acceptors (Lipinski definition) is 2. The van der Waals surface area contributed by atoms with Gasteiger partial charge >= 0.3 is 0 Å². The summed E-state index contributed by atoms with van der Waals surface area (Å²) in [7, 11) is 0. The molecule has 0 aromatic heterocycles. The maximum Gasteiger partial charge on any atom is 0.00672 e. The van der Waals surface area contributed by atoms with Crippen molar-refractivity contribution in [3.8, 4) is 0 Å². The Balaban J connectivity index is 2.12. The highest BCUT2D eigenvalue weighted by molar-refractivity contribution is 4.83. The maximum atomic E-state index is 5.49. The highest BCUT2D eigenvalue weighted by atomic mass is 14.9. The van der Waals surface area contributed by atoms with E-state index in [0.717, 1.165) is 31.5 Å². The van der Waals surface area contributed by atoms with Gasteiger partial charge in [0, 0.05) is 6.04 Å². The minimum Gasteiger partial charge on any atom is -0.330 e. The predicted molar refractivity (Wildman–Crippen MR) is 71.5 cm³/mol. The standard InChI is InChI=1S/C14H30N2/c1-14(2,3)12-6-8-13(9-7-12)16-11-5-4-10-15/h12-13,16H,4-11,15H2,1-3H3. The van der Waals surface area contributed by atoms with E-state index in [1.165, 1.54) is 32.1 Å². The minimum atomic E-state index is 0.504. The molecule has 0 radical (unpaired) electrons. The summed E-state index contributed by atoms with van der Waals surface area (Å²) in [6, 6.07) is 0.774. The van der Waals surface area contributed by atoms with E-state index in [1.807, 2.05) is 0 Å². The molecule has 1 fully saturated rings. The monoisotopic (exact) mass is 226 g/mol. The van der Waals surface area contributed by atoms with Gasteiger partial charge in [-0.15, -0.1) is 0 Å². The molecule has 0 aromatic rings. The molecular formula is C14H30N2. The van der Waals surface area contributed by atoms with Gasteiger partial charge in [-0.2, -0.15) is 0 Å². The van der Waals surface area contributed by atoms with Crippen LogP contribution in [0.5, 0.6) is 0 Å². The van der Waals surface area contributed by atoms with Crippen LogP contribution in [0.25, 0.3) is 0 Å². The largest absolute Gasteiger partial charge is 0.330 e. The Morgan fingerprint density at radius 2 is 1.69 bits per heavy atom. The summed E-state index contributed by atoms with van der Waals surface area (Å²) in [5, 5.41) is 3.67. The van der Waals surface area contributed by atoms with E-state index < -0.39 is 0 Å². The zero-order chi connectivity index (χ0) is 12.0. The molecule has 1 aliphatic rings. The highest BCUT2D eigenvalue weighted by Gasteiger charge is 2.29. The van der Waals surface area contributed by atoms with E-state index in [4.69, 9.17) is 5.73 Å². The quantitative estimate of drug-likeness (QED) is 0.707. The molecule has 0 atom stereocenters. The highest BCUT2D eigenvalue weighted by Crippen LogP contribution is 2.37. The lowest BCUT2D eigenvalue weighted by Gasteiger charge is -2.37. The summed E-state index contributed by atoms with van der Waals surface area (Å²) in [4.78, 5) is 0. The molecule has 0 unspecified atom stereocenters. The Bertz CT molecular complexity index is 176. The zero-order valence-electron chi connectivity index (χ0n) is 11.4. The molecular weight excluding hydrogens is 196 g/mol. The van der Waals surface area contributed by atoms with Crippen LogP contribution >= 0.6 is 0 Å². The second kappa shape index (κ2) is 6.61. The first-order valence-electron chi connectivity index (χ1n) is 6.97. The third-order valence-electron chi connectivity index (χ3n) is 4.02. The van der Waals surface area contributed by atoms with Crippen molar-refractivity contribution in [2.45, 2.75) is 65.3 Å². The Hall–Kier alpha value is -0.0800. The van der Waals surface area contributed by atoms with Gasteiger partial charge in [0.15, 0.2) is 0 Å². The third kappa shape index (κ3) is 4.84. The Morgan fingerprint density at radius 1 is 1.06 bits per heavy atom. The molecule has 1 saturated carbocycles. The molecule has 1 rings (SSSR count). The molecule has 16 heavy (non-hydrogen) atoms. The fourth-order valence-corrected chi connectivity index (χ4v) is 2.74. The van der Waals surface area contributed by atoms with E-state index in [2.05, 4.69) is 26.1 Å². The SMILES string of the molecule is CC(C)(C)C1CCC(NCCCCN)CC1. The summed E-state index contributed by atoms with van der Waals surface area (Å²) in [5.41, 5.74) is 5.99. The first-order valence-corrected chi connectivity index (χ1v) is 6.97. The summed E-state index contributed by atoms with van der Waals surface area (Å²) >= 11 is 0. The van der Waals surface area contributed by atoms with Crippen LogP contribution in [0.1, 0.15) is 59.3 Å². The van der Waals surface area contributed by atoms with Crippen LogP contribution in [0.15, 0.2) is 0 Å². The van der Waals surface area contributed by atoms with Crippen LogP contribution in [-0.4, -0.2) is 19.1 Å². The van der Waals surface area contributed by atoms with Crippen molar-refractivity contribution < 1.29 is 0 Å². The summed E-state index contributed by atoms with van der Waals surface area (Å²) in [6.07, 6.45) is 7.92. The van der Waals surface area contributed by atoms with Gasteiger partial charge in [0.25, 0.3) is 0 Å². The number of unbranched alkanes of at least 4 members (excludes halogenated alkanes) is 1. The first kappa shape index (κ1) is 14.0. The van der Waals surface area contributed by atoms with E-state index >= 15 is 0 Å². The smallest absolute Gasteiger partial charge is 0.00672 e. The van der Waals surface area contributed by atoms with E-state index in [0.29, 0.717) is 5.41 Å². The van der Waals surface area contributed by atoms with Crippen molar-refractivity contribution in [3.05, 3.63) is 0 Å². The molecule has 3 N–H and O–H groups in total. The van der Waals surface area contributed by atoms with E-state index in [9.17, 15) is 0 Å². The Morgan fingerprint density at radius 3 is 2.19 bits per heavy atom. The Labute approximate surface area is 101 Å². The average molecular weight is 226 g/mol. The third-order valence-corrected chi connectivity index (χ3v) is 4.02. The van der Waals surface area contributed by atoms with Crippen LogP contribution < -0.4 is 11.1 Å². The van der Waals surface area contributed by atoms with Crippen molar-refractivity contribution in [2.24, 2.45) is 17.1 Å². The lowest BCUT2D eigenvalue weighted by molar-refractivity contribution is 0.160. The molecule has 0 saturated heterocycles. The van der Waals surface area contributed by atoms with Gasteiger partial charge in [0.05, 0.1) is 0 Å². The van der Waals surface area contributed by atoms with Crippen molar-refractivity contribution in [2.75, 3.05) is 13.1 Å². The number of nitrogens with two attached hydrogens (primary N) is 1. The molecule has 0 bridgehead atoms. The van der Waals surface area contributed by atoms with Gasteiger partial charge in [-0.05, 0) is 62.9 Å². The molecule has 0 amide bonds. The lowest BCUT2D eigenvalue weighted by atomic mass is 9.71. The number of rotatable bonds is 5. The number of hydrogen-bond donors (Lipinski definition) is 2. The number of nitrogens with one attached hydrogen (secondary N) is 1. The second-order valence-electron chi connectivity index (χ2n) is 6.36. The normalized spacial score (nSPS) is 27.0. The molecule has 1 aliphatic carbocycles. The van der Waals surface area contributed by atoms with Crippen LogP contribution in [0.4, 0.5) is 0 Å². The summed E-state index contributed by atoms with van der Waals surface area (Å²) < 4.78 is 0. The van der Waals surface area contributed by atoms with E-state index in [-0.39, 0.29) is 0 Å². The van der Waals surface area contributed by atoms with Gasteiger partial charge in [0.1, 0.15) is 0 Å². The van der Waals surface area contributed by atoms with Crippen molar-refractivity contribution in [1.82, 2.24) is 5.32 Å². The van der Waals surface area contributed by atoms with Crippen LogP contribution in [0.3, 0.4) is 0 Å². The Kier molecular flexibility index (Phi) is 5.77. The van der Waals surface area contributed by atoms with Crippen molar-refractivity contribution >= 4 is 0 Å². The molecule has 0 heterocycles. The van der Waals surface area contributed by atoms with Crippen LogP contribution in [0.2, 0.25) is 0 Å². The second-order valence-corrected chi connectivity index (χ2v) is 6.36. The van der Waals surface area contributed by atoms with Gasteiger partial charge in [-0.25, -0.2) is 0 Å². The predicted octanol–water partition coefficient (Wildman–Crippen LogP) is 2.92. The first-order chi connectivity index (χ1) is 7.54. The van der Waals surface area contributed by atoms with Gasteiger partial charge in [0.2, 0.25) is 0 Å². The van der Waals surface area contributed by atoms with E-state index in [1.54, 1.807) is 0 Å².